The summed E-state index contributed by atoms with van der Waals surface area (Å²) in [5.74, 6) is -1.40. The predicted octanol–water partition coefficient (Wildman–Crippen LogP) is 4.16. The molecule has 0 N–H and O–H groups in total. The number of halogens is 2. The van der Waals surface area contributed by atoms with Gasteiger partial charge in [-0.05, 0) is 65.8 Å². The minimum Gasteiger partial charge on any atom is -0.449 e. The molecule has 1 aromatic carbocycles. The first-order chi connectivity index (χ1) is 13.0. The molecule has 8 heteroatoms. The summed E-state index contributed by atoms with van der Waals surface area (Å²) in [6.07, 6.45) is -0.970. The van der Waals surface area contributed by atoms with Crippen LogP contribution in [0.2, 0.25) is 5.15 Å². The summed E-state index contributed by atoms with van der Waals surface area (Å²) in [4.78, 5) is 27.0. The van der Waals surface area contributed by atoms with Gasteiger partial charge in [0.15, 0.2) is 6.10 Å². The number of amides is 1. The van der Waals surface area contributed by atoms with E-state index >= 15 is 0 Å². The second-order valence-electron chi connectivity index (χ2n) is 7.12. The molecule has 2 rings (SSSR count). The highest BCUT2D eigenvalue weighted by atomic mass is 35.5. The third-order valence-corrected chi connectivity index (χ3v) is 4.63. The highest BCUT2D eigenvalue weighted by molar-refractivity contribution is 6.33. The molecule has 0 saturated carbocycles. The van der Waals surface area contributed by atoms with Gasteiger partial charge in [-0.2, -0.15) is 5.10 Å². The van der Waals surface area contributed by atoms with Crippen molar-refractivity contribution in [1.82, 2.24) is 14.7 Å². The van der Waals surface area contributed by atoms with Crippen LogP contribution in [0.15, 0.2) is 24.3 Å². The van der Waals surface area contributed by atoms with Crippen LogP contribution >= 0.6 is 11.6 Å². The first kappa shape index (κ1) is 21.9. The molecule has 152 valence electrons. The highest BCUT2D eigenvalue weighted by Gasteiger charge is 2.30. The Kier molecular flexibility index (Phi) is 6.82. The molecule has 0 saturated heterocycles. The number of rotatable bonds is 6. The van der Waals surface area contributed by atoms with Gasteiger partial charge in [-0.25, -0.2) is 13.9 Å². The molecule has 0 aliphatic heterocycles. The fraction of sp³-hybridized carbons (Fsp3) is 0.450. The summed E-state index contributed by atoms with van der Waals surface area (Å²) in [5, 5.41) is 4.28. The number of aryl methyl sites for hydroxylation is 1. The van der Waals surface area contributed by atoms with Crippen molar-refractivity contribution < 1.29 is 18.7 Å². The van der Waals surface area contributed by atoms with Gasteiger partial charge in [0.05, 0.1) is 11.4 Å². The van der Waals surface area contributed by atoms with E-state index in [9.17, 15) is 14.0 Å². The lowest BCUT2D eigenvalue weighted by atomic mass is 10.2. The van der Waals surface area contributed by atoms with Crippen molar-refractivity contribution in [2.75, 3.05) is 0 Å². The Hall–Kier alpha value is -2.41. The lowest BCUT2D eigenvalue weighted by Gasteiger charge is -2.32. The van der Waals surface area contributed by atoms with E-state index in [4.69, 9.17) is 16.3 Å². The Morgan fingerprint density at radius 1 is 1.11 bits per heavy atom. The monoisotopic (exact) mass is 409 g/mol. The summed E-state index contributed by atoms with van der Waals surface area (Å²) < 4.78 is 19.8. The topological polar surface area (TPSA) is 64.4 Å². The Balaban J connectivity index is 2.25. The first-order valence-corrected chi connectivity index (χ1v) is 9.46. The summed E-state index contributed by atoms with van der Waals surface area (Å²) in [7, 11) is 0. The summed E-state index contributed by atoms with van der Waals surface area (Å²) >= 11 is 6.34. The molecule has 1 heterocycles. The maximum Gasteiger partial charge on any atom is 0.344 e. The van der Waals surface area contributed by atoms with E-state index in [0.29, 0.717) is 11.4 Å². The van der Waals surface area contributed by atoms with Crippen LogP contribution in [-0.4, -0.2) is 44.7 Å². The van der Waals surface area contributed by atoms with Gasteiger partial charge in [0, 0.05) is 12.1 Å². The van der Waals surface area contributed by atoms with Crippen LogP contribution in [0.25, 0.3) is 5.69 Å². The maximum absolute atomic E-state index is 13.1. The molecule has 0 spiro atoms. The minimum absolute atomic E-state index is 0.0276. The van der Waals surface area contributed by atoms with Gasteiger partial charge in [-0.1, -0.05) is 11.6 Å². The Morgan fingerprint density at radius 2 is 1.64 bits per heavy atom. The fourth-order valence-corrected chi connectivity index (χ4v) is 3.42. The van der Waals surface area contributed by atoms with E-state index in [1.807, 2.05) is 27.7 Å². The largest absolute Gasteiger partial charge is 0.449 e. The average Bonchev–Trinajstić information content (AvgIpc) is 2.89. The number of carbonyl (C=O) groups excluding carboxylic acids is 2. The molecule has 6 nitrogen and oxygen atoms in total. The van der Waals surface area contributed by atoms with Gasteiger partial charge in [-0.3, -0.25) is 4.79 Å². The van der Waals surface area contributed by atoms with Gasteiger partial charge in [0.25, 0.3) is 5.91 Å². The van der Waals surface area contributed by atoms with Crippen molar-refractivity contribution in [3.05, 3.63) is 46.5 Å². The molecule has 0 fully saturated rings. The molecule has 0 bridgehead atoms. The molecule has 1 atom stereocenters. The molecule has 0 radical (unpaired) electrons. The van der Waals surface area contributed by atoms with Crippen LogP contribution in [0.5, 0.6) is 0 Å². The first-order valence-electron chi connectivity index (χ1n) is 9.08. The standard InChI is InChI=1S/C20H25ClFN3O3/c1-11(2)24(12(3)4)19(26)14(6)28-20(27)17-13(5)23-25(18(17)21)16-9-7-15(22)8-10-16/h7-12,14H,1-6H3/t14-/m0/s1. The van der Waals surface area contributed by atoms with Gasteiger partial charge in [0.1, 0.15) is 16.5 Å². The molecule has 2 aromatic rings. The van der Waals surface area contributed by atoms with E-state index in [0.717, 1.165) is 0 Å². The van der Waals surface area contributed by atoms with E-state index < -0.39 is 17.9 Å². The van der Waals surface area contributed by atoms with Crippen LogP contribution in [0.3, 0.4) is 0 Å². The zero-order valence-corrected chi connectivity index (χ0v) is 17.6. The summed E-state index contributed by atoms with van der Waals surface area (Å²) in [6, 6.07) is 5.48. The van der Waals surface area contributed by atoms with Crippen molar-refractivity contribution in [2.24, 2.45) is 0 Å². The SMILES string of the molecule is Cc1nn(-c2ccc(F)cc2)c(Cl)c1C(=O)O[C@@H](C)C(=O)N(C(C)C)C(C)C. The smallest absolute Gasteiger partial charge is 0.344 e. The number of ether oxygens (including phenoxy) is 1. The van der Waals surface area contributed by atoms with Crippen molar-refractivity contribution in [3.8, 4) is 5.69 Å². The van der Waals surface area contributed by atoms with Crippen molar-refractivity contribution in [1.29, 1.82) is 0 Å². The molecule has 28 heavy (non-hydrogen) atoms. The molecule has 0 aliphatic rings. The van der Waals surface area contributed by atoms with E-state index in [1.165, 1.54) is 35.9 Å². The second kappa shape index (κ2) is 8.73. The number of carbonyl (C=O) groups is 2. The number of esters is 1. The Bertz CT molecular complexity index is 854. The zero-order chi connectivity index (χ0) is 21.2. The van der Waals surface area contributed by atoms with Crippen molar-refractivity contribution >= 4 is 23.5 Å². The zero-order valence-electron chi connectivity index (χ0n) is 16.9. The van der Waals surface area contributed by atoms with Crippen molar-refractivity contribution in [2.45, 2.75) is 59.7 Å². The fourth-order valence-electron chi connectivity index (χ4n) is 3.07. The second-order valence-corrected chi connectivity index (χ2v) is 7.48. The van der Waals surface area contributed by atoms with Gasteiger partial charge in [0.2, 0.25) is 0 Å². The lowest BCUT2D eigenvalue weighted by molar-refractivity contribution is -0.143. The molecule has 1 amide bonds. The number of hydrogen-bond donors (Lipinski definition) is 0. The molecular formula is C20H25ClFN3O3. The van der Waals surface area contributed by atoms with Gasteiger partial charge >= 0.3 is 5.97 Å². The van der Waals surface area contributed by atoms with Crippen LogP contribution < -0.4 is 0 Å². The van der Waals surface area contributed by atoms with E-state index in [1.54, 1.807) is 11.8 Å². The quantitative estimate of drug-likeness (QED) is 0.672. The number of hydrogen-bond acceptors (Lipinski definition) is 4. The van der Waals surface area contributed by atoms with Crippen LogP contribution in [0.4, 0.5) is 4.39 Å². The molecular weight excluding hydrogens is 385 g/mol. The third kappa shape index (κ3) is 4.52. The van der Waals surface area contributed by atoms with Crippen molar-refractivity contribution in [3.63, 3.8) is 0 Å². The van der Waals surface area contributed by atoms with E-state index in [2.05, 4.69) is 5.10 Å². The normalized spacial score (nSPS) is 12.4. The minimum atomic E-state index is -0.970. The van der Waals surface area contributed by atoms with Gasteiger partial charge < -0.3 is 9.64 Å². The van der Waals surface area contributed by atoms with Crippen LogP contribution in [-0.2, 0) is 9.53 Å². The maximum atomic E-state index is 13.1. The number of aromatic nitrogens is 2. The number of nitrogens with zero attached hydrogens (tertiary/aromatic N) is 3. The average molecular weight is 410 g/mol. The third-order valence-electron chi connectivity index (χ3n) is 4.28. The van der Waals surface area contributed by atoms with Crippen LogP contribution in [0, 0.1) is 12.7 Å². The van der Waals surface area contributed by atoms with E-state index in [-0.39, 0.29) is 28.7 Å². The summed E-state index contributed by atoms with van der Waals surface area (Å²) in [6.45, 7) is 10.8. The molecule has 0 aliphatic carbocycles. The highest BCUT2D eigenvalue weighted by Crippen LogP contribution is 2.25. The molecule has 0 unspecified atom stereocenters. The Labute approximate surface area is 169 Å². The molecule has 1 aromatic heterocycles. The lowest BCUT2D eigenvalue weighted by Crippen LogP contribution is -2.47. The predicted molar refractivity (Wildman–Crippen MR) is 105 cm³/mol. The summed E-state index contributed by atoms with van der Waals surface area (Å²) in [5.41, 5.74) is 0.929. The van der Waals surface area contributed by atoms with Gasteiger partial charge in [-0.15, -0.1) is 0 Å². The van der Waals surface area contributed by atoms with Crippen LogP contribution in [0.1, 0.15) is 50.7 Å². The Morgan fingerprint density at radius 3 is 2.14 bits per heavy atom. The number of benzene rings is 1.